The molecular weight excluding hydrogens is 476 g/mol. The number of carbonyl (C=O) groups is 5. The number of aliphatic hydroxyl groups is 2. The Morgan fingerprint density at radius 3 is 1.86 bits per heavy atom. The third-order valence-electron chi connectivity index (χ3n) is 5.19. The average Bonchev–Trinajstić information content (AvgIpc) is 2.77. The summed E-state index contributed by atoms with van der Waals surface area (Å²) in [6.07, 6.45) is -1.03. The molecular formula is C22H42N6O8. The Morgan fingerprint density at radius 2 is 1.39 bits per heavy atom. The number of aliphatic carboxylic acids is 1. The predicted octanol–water partition coefficient (Wildman–Crippen LogP) is -3.09. The number of hydrogen-bond acceptors (Lipinski definition) is 9. The van der Waals surface area contributed by atoms with Crippen LogP contribution >= 0.6 is 0 Å². The molecule has 0 aromatic rings. The van der Waals surface area contributed by atoms with E-state index in [4.69, 9.17) is 16.6 Å². The molecule has 0 aliphatic rings. The van der Waals surface area contributed by atoms with Crippen molar-refractivity contribution in [2.75, 3.05) is 13.1 Å². The molecule has 4 amide bonds. The molecule has 0 unspecified atom stereocenters. The van der Waals surface area contributed by atoms with E-state index < -0.39 is 72.5 Å². The van der Waals surface area contributed by atoms with Gasteiger partial charge in [0.1, 0.15) is 12.1 Å². The molecule has 0 saturated heterocycles. The number of carboxylic acid groups (broad SMARTS) is 1. The first-order valence-corrected chi connectivity index (χ1v) is 11.9. The van der Waals surface area contributed by atoms with Gasteiger partial charge in [-0.15, -0.1) is 0 Å². The fourth-order valence-electron chi connectivity index (χ4n) is 3.20. The molecule has 0 spiro atoms. The second-order valence-electron chi connectivity index (χ2n) is 9.15. The summed E-state index contributed by atoms with van der Waals surface area (Å²) in [5, 5.41) is 37.7. The zero-order valence-electron chi connectivity index (χ0n) is 21.3. The first kappa shape index (κ1) is 33.2. The molecule has 208 valence electrons. The third kappa shape index (κ3) is 12.8. The lowest BCUT2D eigenvalue weighted by Gasteiger charge is -2.26. The highest BCUT2D eigenvalue weighted by Crippen LogP contribution is 2.06. The summed E-state index contributed by atoms with van der Waals surface area (Å²) in [7, 11) is 0. The minimum Gasteiger partial charge on any atom is -0.480 e. The Morgan fingerprint density at radius 1 is 0.806 bits per heavy atom. The molecule has 0 rings (SSSR count). The van der Waals surface area contributed by atoms with Crippen LogP contribution < -0.4 is 32.7 Å². The van der Waals surface area contributed by atoms with Crippen LogP contribution in [0.3, 0.4) is 0 Å². The normalized spacial score (nSPS) is 16.1. The zero-order chi connectivity index (χ0) is 28.0. The molecule has 0 fully saturated rings. The van der Waals surface area contributed by atoms with Crippen molar-refractivity contribution in [3.8, 4) is 0 Å². The van der Waals surface area contributed by atoms with Crippen LogP contribution in [0.4, 0.5) is 0 Å². The molecule has 6 atom stereocenters. The lowest BCUT2D eigenvalue weighted by Crippen LogP contribution is -2.59. The van der Waals surface area contributed by atoms with Crippen molar-refractivity contribution >= 4 is 29.6 Å². The first-order valence-electron chi connectivity index (χ1n) is 11.9. The third-order valence-corrected chi connectivity index (χ3v) is 5.19. The van der Waals surface area contributed by atoms with Crippen LogP contribution in [0.15, 0.2) is 0 Å². The van der Waals surface area contributed by atoms with E-state index in [0.717, 1.165) is 0 Å². The van der Waals surface area contributed by atoms with E-state index in [-0.39, 0.29) is 12.3 Å². The minimum absolute atomic E-state index is 0.155. The van der Waals surface area contributed by atoms with Gasteiger partial charge in [0.2, 0.25) is 23.6 Å². The predicted molar refractivity (Wildman–Crippen MR) is 130 cm³/mol. The quantitative estimate of drug-likeness (QED) is 0.0878. The highest BCUT2D eigenvalue weighted by Gasteiger charge is 2.31. The van der Waals surface area contributed by atoms with Crippen molar-refractivity contribution in [2.24, 2.45) is 17.4 Å². The van der Waals surface area contributed by atoms with Gasteiger partial charge in [0.05, 0.1) is 24.8 Å². The Balaban J connectivity index is 5.25. The molecule has 0 saturated carbocycles. The molecule has 0 aromatic heterocycles. The summed E-state index contributed by atoms with van der Waals surface area (Å²) in [6.45, 7) is 5.94. The van der Waals surface area contributed by atoms with Crippen LogP contribution in [0.2, 0.25) is 0 Å². The number of aliphatic hydroxyl groups excluding tert-OH is 2. The van der Waals surface area contributed by atoms with Crippen LogP contribution in [-0.2, 0) is 24.0 Å². The lowest BCUT2D eigenvalue weighted by molar-refractivity contribution is -0.144. The van der Waals surface area contributed by atoms with Gasteiger partial charge in [0.15, 0.2) is 6.04 Å². The van der Waals surface area contributed by atoms with Gasteiger partial charge >= 0.3 is 5.97 Å². The van der Waals surface area contributed by atoms with Crippen molar-refractivity contribution in [1.82, 2.24) is 21.3 Å². The van der Waals surface area contributed by atoms with E-state index in [9.17, 15) is 34.2 Å². The van der Waals surface area contributed by atoms with Gasteiger partial charge in [-0.1, -0.05) is 13.8 Å². The van der Waals surface area contributed by atoms with Gasteiger partial charge < -0.3 is 48.1 Å². The number of amides is 4. The fraction of sp³-hybridized carbons (Fsp3) is 0.773. The first-order chi connectivity index (χ1) is 16.7. The topological polar surface area (TPSA) is 246 Å². The summed E-state index contributed by atoms with van der Waals surface area (Å²) in [4.78, 5) is 61.0. The van der Waals surface area contributed by atoms with Crippen LogP contribution in [0.25, 0.3) is 0 Å². The van der Waals surface area contributed by atoms with E-state index in [0.29, 0.717) is 25.8 Å². The summed E-state index contributed by atoms with van der Waals surface area (Å²) in [6, 6.07) is -4.93. The van der Waals surface area contributed by atoms with Crippen LogP contribution in [0, 0.1) is 5.92 Å². The average molecular weight is 519 g/mol. The SMILES string of the molecule is CC(C)C[C@H](N)C(=O)N[C@@H](CCCCN)C(=O)N[C@H](C(=O)NCC(=O)N[C@H](C(=O)O)[C@@H](C)O)[C@@H](C)O. The Labute approximate surface area is 210 Å². The van der Waals surface area contributed by atoms with Crippen molar-refractivity contribution in [2.45, 2.75) is 89.8 Å². The molecule has 0 radical (unpaired) electrons. The summed E-state index contributed by atoms with van der Waals surface area (Å²) >= 11 is 0. The fourth-order valence-corrected chi connectivity index (χ4v) is 3.20. The maximum absolute atomic E-state index is 12.9. The number of carbonyl (C=O) groups excluding carboxylic acids is 4. The Bertz CT molecular complexity index is 746. The van der Waals surface area contributed by atoms with Gasteiger partial charge in [-0.25, -0.2) is 4.79 Å². The number of nitrogens with one attached hydrogen (secondary N) is 4. The second-order valence-corrected chi connectivity index (χ2v) is 9.15. The summed E-state index contributed by atoms with van der Waals surface area (Å²) in [5.74, 6) is -4.39. The smallest absolute Gasteiger partial charge is 0.328 e. The van der Waals surface area contributed by atoms with Gasteiger partial charge in [-0.3, -0.25) is 19.2 Å². The molecule has 0 aromatic carbocycles. The standard InChI is InChI=1S/C22H42N6O8/c1-11(2)9-14(24)19(32)26-15(7-5-6-8-23)20(33)28-17(12(3)29)21(34)25-10-16(31)27-18(13(4)30)22(35)36/h11-15,17-18,29-30H,5-10,23-24H2,1-4H3,(H,25,34)(H,26,32)(H,27,31)(H,28,33)(H,35,36)/t12-,13-,14+,15+,17+,18+/m1/s1. The van der Waals surface area contributed by atoms with Crippen molar-refractivity contribution in [1.29, 1.82) is 0 Å². The minimum atomic E-state index is -1.58. The molecule has 0 aliphatic carbocycles. The zero-order valence-corrected chi connectivity index (χ0v) is 21.3. The van der Waals surface area contributed by atoms with E-state index >= 15 is 0 Å². The van der Waals surface area contributed by atoms with Crippen LogP contribution in [0.5, 0.6) is 0 Å². The summed E-state index contributed by atoms with van der Waals surface area (Å²) in [5.41, 5.74) is 11.4. The van der Waals surface area contributed by atoms with Crippen LogP contribution in [0.1, 0.15) is 53.4 Å². The van der Waals surface area contributed by atoms with E-state index in [1.807, 2.05) is 13.8 Å². The van der Waals surface area contributed by atoms with E-state index in [1.54, 1.807) is 0 Å². The molecule has 36 heavy (non-hydrogen) atoms. The Kier molecular flexibility index (Phi) is 15.5. The Hall–Kier alpha value is -2.81. The maximum atomic E-state index is 12.9. The van der Waals surface area contributed by atoms with E-state index in [2.05, 4.69) is 21.3 Å². The number of nitrogens with two attached hydrogens (primary N) is 2. The molecule has 14 nitrogen and oxygen atoms in total. The van der Waals surface area contributed by atoms with Gasteiger partial charge in [0.25, 0.3) is 0 Å². The molecule has 0 bridgehead atoms. The molecule has 11 N–H and O–H groups in total. The van der Waals surface area contributed by atoms with Crippen molar-refractivity contribution in [3.63, 3.8) is 0 Å². The maximum Gasteiger partial charge on any atom is 0.328 e. The monoisotopic (exact) mass is 518 g/mol. The molecule has 0 aliphatic heterocycles. The largest absolute Gasteiger partial charge is 0.480 e. The van der Waals surface area contributed by atoms with Crippen molar-refractivity contribution < 1.29 is 39.3 Å². The van der Waals surface area contributed by atoms with Crippen LogP contribution in [-0.4, -0.2) is 94.4 Å². The van der Waals surface area contributed by atoms with Gasteiger partial charge in [0, 0.05) is 0 Å². The second kappa shape index (κ2) is 16.8. The number of hydrogen-bond donors (Lipinski definition) is 9. The lowest BCUT2D eigenvalue weighted by atomic mass is 10.0. The molecule has 14 heteroatoms. The van der Waals surface area contributed by atoms with E-state index in [1.165, 1.54) is 13.8 Å². The highest BCUT2D eigenvalue weighted by atomic mass is 16.4. The number of carboxylic acids is 1. The molecule has 0 heterocycles. The number of rotatable bonds is 17. The van der Waals surface area contributed by atoms with Gasteiger partial charge in [-0.2, -0.15) is 0 Å². The summed E-state index contributed by atoms with van der Waals surface area (Å²) < 4.78 is 0. The van der Waals surface area contributed by atoms with Crippen molar-refractivity contribution in [3.05, 3.63) is 0 Å². The van der Waals surface area contributed by atoms with Gasteiger partial charge in [-0.05, 0) is 52.0 Å². The highest BCUT2D eigenvalue weighted by molar-refractivity contribution is 5.94. The number of unbranched alkanes of at least 4 members (excludes halogenated alkanes) is 1.